The smallest absolute Gasteiger partial charge is 0.311 e. The number of carbonyl (C=O) groups is 2. The first-order valence-corrected chi connectivity index (χ1v) is 9.00. The number of aromatic nitrogens is 2. The van der Waals surface area contributed by atoms with Gasteiger partial charge in [-0.05, 0) is 19.8 Å². The van der Waals surface area contributed by atoms with Gasteiger partial charge in [0.25, 0.3) is 5.56 Å². The summed E-state index contributed by atoms with van der Waals surface area (Å²) in [6.45, 7) is 1.77. The molecular weight excluding hydrogens is 330 g/mol. The minimum atomic E-state index is -0.466. The standard InChI is InChI=1S/C16H23N3O4S/c1-10(15(22)17-11-6-4-3-5-7-11)24-16-18-12(8-13(20)19-16)9-14(21)23-2/h8,10-11H,3-7,9H2,1-2H3,(H,17,22)(H,18,19,20)/t10-/m1/s1. The van der Waals surface area contributed by atoms with Gasteiger partial charge in [0.2, 0.25) is 5.91 Å². The molecule has 2 rings (SSSR count). The van der Waals surface area contributed by atoms with E-state index in [-0.39, 0.29) is 29.2 Å². The van der Waals surface area contributed by atoms with Crippen LogP contribution in [-0.4, -0.2) is 40.2 Å². The summed E-state index contributed by atoms with van der Waals surface area (Å²) in [5.41, 5.74) is -0.0284. The number of hydrogen-bond donors (Lipinski definition) is 2. The molecule has 0 bridgehead atoms. The van der Waals surface area contributed by atoms with E-state index in [1.54, 1.807) is 6.92 Å². The number of nitrogens with one attached hydrogen (secondary N) is 2. The van der Waals surface area contributed by atoms with Crippen molar-refractivity contribution in [2.45, 2.75) is 61.9 Å². The molecule has 24 heavy (non-hydrogen) atoms. The Hall–Kier alpha value is -1.83. The van der Waals surface area contributed by atoms with Gasteiger partial charge >= 0.3 is 5.97 Å². The van der Waals surface area contributed by atoms with Crippen LogP contribution in [0.2, 0.25) is 0 Å². The second-order valence-corrected chi connectivity index (χ2v) is 7.23. The first-order valence-electron chi connectivity index (χ1n) is 8.12. The highest BCUT2D eigenvalue weighted by Gasteiger charge is 2.21. The summed E-state index contributed by atoms with van der Waals surface area (Å²) in [6, 6.07) is 1.50. The number of carbonyl (C=O) groups excluding carboxylic acids is 2. The molecule has 1 amide bonds. The van der Waals surface area contributed by atoms with Crippen LogP contribution in [0.3, 0.4) is 0 Å². The van der Waals surface area contributed by atoms with Crippen molar-refractivity contribution in [3.8, 4) is 0 Å². The summed E-state index contributed by atoms with van der Waals surface area (Å²) in [5, 5.41) is 3.00. The maximum absolute atomic E-state index is 12.3. The first-order chi connectivity index (χ1) is 11.5. The molecule has 1 heterocycles. The third-order valence-corrected chi connectivity index (χ3v) is 4.92. The lowest BCUT2D eigenvalue weighted by atomic mass is 9.95. The van der Waals surface area contributed by atoms with Gasteiger partial charge in [0, 0.05) is 12.1 Å². The van der Waals surface area contributed by atoms with Gasteiger partial charge in [0.15, 0.2) is 5.16 Å². The number of methoxy groups -OCH3 is 1. The third-order valence-electron chi connectivity index (χ3n) is 3.94. The Morgan fingerprint density at radius 3 is 2.79 bits per heavy atom. The fourth-order valence-electron chi connectivity index (χ4n) is 2.64. The Balaban J connectivity index is 1.97. The van der Waals surface area contributed by atoms with Crippen LogP contribution in [0.25, 0.3) is 0 Å². The second kappa shape index (κ2) is 8.86. The van der Waals surface area contributed by atoms with Crippen LogP contribution in [-0.2, 0) is 20.7 Å². The highest BCUT2D eigenvalue weighted by atomic mass is 32.2. The van der Waals surface area contributed by atoms with Crippen molar-refractivity contribution in [1.29, 1.82) is 0 Å². The Bertz CT molecular complexity index is 640. The zero-order valence-corrected chi connectivity index (χ0v) is 14.8. The summed E-state index contributed by atoms with van der Waals surface area (Å²) in [5.74, 6) is -0.528. The topological polar surface area (TPSA) is 101 Å². The lowest BCUT2D eigenvalue weighted by Gasteiger charge is -2.24. The average Bonchev–Trinajstić information content (AvgIpc) is 2.55. The fraction of sp³-hybridized carbons (Fsp3) is 0.625. The number of thioether (sulfide) groups is 1. The van der Waals surface area contributed by atoms with E-state index in [1.165, 1.54) is 31.4 Å². The summed E-state index contributed by atoms with van der Waals surface area (Å²) >= 11 is 1.17. The largest absolute Gasteiger partial charge is 0.469 e. The lowest BCUT2D eigenvalue weighted by Crippen LogP contribution is -2.40. The van der Waals surface area contributed by atoms with E-state index >= 15 is 0 Å². The van der Waals surface area contributed by atoms with Gasteiger partial charge in [-0.3, -0.25) is 14.4 Å². The molecule has 0 spiro atoms. The molecule has 1 saturated carbocycles. The number of hydrogen-bond acceptors (Lipinski definition) is 6. The highest BCUT2D eigenvalue weighted by molar-refractivity contribution is 8.00. The molecule has 0 aliphatic heterocycles. The van der Waals surface area contributed by atoms with E-state index in [1.807, 2.05) is 0 Å². The van der Waals surface area contributed by atoms with Gasteiger partial charge in [-0.25, -0.2) is 4.98 Å². The molecule has 0 aromatic carbocycles. The van der Waals surface area contributed by atoms with Gasteiger partial charge in [0.05, 0.1) is 24.5 Å². The van der Waals surface area contributed by atoms with E-state index in [0.717, 1.165) is 25.7 Å². The predicted molar refractivity (Wildman–Crippen MR) is 90.9 cm³/mol. The SMILES string of the molecule is COC(=O)Cc1cc(=O)[nH]c(S[C@H](C)C(=O)NC2CCCCC2)n1. The number of amides is 1. The fourth-order valence-corrected chi connectivity index (χ4v) is 3.48. The van der Waals surface area contributed by atoms with Crippen molar-refractivity contribution in [1.82, 2.24) is 15.3 Å². The molecule has 7 nitrogen and oxygen atoms in total. The van der Waals surface area contributed by atoms with Crippen LogP contribution in [0.4, 0.5) is 0 Å². The number of nitrogens with zero attached hydrogens (tertiary/aromatic N) is 1. The van der Waals surface area contributed by atoms with Gasteiger partial charge in [0.1, 0.15) is 0 Å². The molecule has 8 heteroatoms. The zero-order chi connectivity index (χ0) is 17.5. The van der Waals surface area contributed by atoms with Crippen LogP contribution >= 0.6 is 11.8 Å². The molecule has 1 atom stereocenters. The van der Waals surface area contributed by atoms with Gasteiger partial charge in [-0.1, -0.05) is 31.0 Å². The number of ether oxygens (including phenoxy) is 1. The van der Waals surface area contributed by atoms with Crippen molar-refractivity contribution >= 4 is 23.6 Å². The lowest BCUT2D eigenvalue weighted by molar-refractivity contribution is -0.139. The minimum Gasteiger partial charge on any atom is -0.469 e. The van der Waals surface area contributed by atoms with Crippen LogP contribution in [0.15, 0.2) is 16.0 Å². The van der Waals surface area contributed by atoms with Crippen molar-refractivity contribution in [3.63, 3.8) is 0 Å². The van der Waals surface area contributed by atoms with Crippen molar-refractivity contribution < 1.29 is 14.3 Å². The molecule has 0 unspecified atom stereocenters. The van der Waals surface area contributed by atoms with Crippen LogP contribution in [0, 0.1) is 0 Å². The molecule has 1 fully saturated rings. The Morgan fingerprint density at radius 2 is 2.12 bits per heavy atom. The van der Waals surface area contributed by atoms with Gasteiger partial charge in [-0.15, -0.1) is 0 Å². The van der Waals surface area contributed by atoms with Crippen LogP contribution in [0.1, 0.15) is 44.7 Å². The average molecular weight is 353 g/mol. The van der Waals surface area contributed by atoms with E-state index in [0.29, 0.717) is 10.9 Å². The maximum atomic E-state index is 12.3. The molecule has 1 aromatic heterocycles. The van der Waals surface area contributed by atoms with Crippen LogP contribution < -0.4 is 10.9 Å². The number of rotatable bonds is 6. The summed E-state index contributed by atoms with van der Waals surface area (Å²) in [6.07, 6.45) is 5.50. The second-order valence-electron chi connectivity index (χ2n) is 5.90. The van der Waals surface area contributed by atoms with E-state index in [2.05, 4.69) is 20.0 Å². The van der Waals surface area contributed by atoms with E-state index < -0.39 is 5.97 Å². The summed E-state index contributed by atoms with van der Waals surface area (Å²) < 4.78 is 4.58. The van der Waals surface area contributed by atoms with E-state index in [9.17, 15) is 14.4 Å². The van der Waals surface area contributed by atoms with Crippen molar-refractivity contribution in [2.24, 2.45) is 0 Å². The Kier molecular flexibility index (Phi) is 6.84. The number of esters is 1. The quantitative estimate of drug-likeness (QED) is 0.456. The first kappa shape index (κ1) is 18.5. The molecular formula is C16H23N3O4S. The zero-order valence-electron chi connectivity index (χ0n) is 14.0. The number of H-pyrrole nitrogens is 1. The Morgan fingerprint density at radius 1 is 1.42 bits per heavy atom. The van der Waals surface area contributed by atoms with Crippen molar-refractivity contribution in [3.05, 3.63) is 22.1 Å². The molecule has 1 aliphatic rings. The summed E-state index contributed by atoms with van der Waals surface area (Å²) in [4.78, 5) is 42.1. The Labute approximate surface area is 145 Å². The van der Waals surface area contributed by atoms with Gasteiger partial charge < -0.3 is 15.0 Å². The molecule has 1 aromatic rings. The minimum absolute atomic E-state index is 0.0621. The molecule has 132 valence electrons. The normalized spacial score (nSPS) is 16.4. The van der Waals surface area contributed by atoms with E-state index in [4.69, 9.17) is 0 Å². The van der Waals surface area contributed by atoms with Crippen LogP contribution in [0.5, 0.6) is 0 Å². The van der Waals surface area contributed by atoms with Gasteiger partial charge in [-0.2, -0.15) is 0 Å². The maximum Gasteiger partial charge on any atom is 0.311 e. The monoisotopic (exact) mass is 353 g/mol. The molecule has 0 saturated heterocycles. The van der Waals surface area contributed by atoms with Crippen molar-refractivity contribution in [2.75, 3.05) is 7.11 Å². The predicted octanol–water partition coefficient (Wildman–Crippen LogP) is 1.41. The number of aromatic amines is 1. The molecule has 1 aliphatic carbocycles. The molecule has 0 radical (unpaired) electrons. The molecule has 2 N–H and O–H groups in total. The highest BCUT2D eigenvalue weighted by Crippen LogP contribution is 2.21. The third kappa shape index (κ3) is 5.67. The summed E-state index contributed by atoms with van der Waals surface area (Å²) in [7, 11) is 1.28.